The third kappa shape index (κ3) is 3.26. The van der Waals surface area contributed by atoms with E-state index >= 15 is 0 Å². The molecule has 1 aromatic rings. The van der Waals surface area contributed by atoms with Gasteiger partial charge in [-0.05, 0) is 47.8 Å². The quantitative estimate of drug-likeness (QED) is 0.763. The maximum Gasteiger partial charge on any atom is 0.143 e. The van der Waals surface area contributed by atoms with Crippen molar-refractivity contribution in [2.75, 3.05) is 12.4 Å². The Morgan fingerprint density at radius 2 is 1.95 bits per heavy atom. The van der Waals surface area contributed by atoms with Gasteiger partial charge in [-0.15, -0.1) is 0 Å². The number of nitrogens with one attached hydrogen (secondary N) is 1. The highest BCUT2D eigenvalue weighted by Crippen LogP contribution is 2.40. The molecule has 0 amide bonds. The third-order valence-corrected chi connectivity index (χ3v) is 5.32. The molecule has 112 valence electrons. The van der Waals surface area contributed by atoms with Gasteiger partial charge < -0.3 is 5.32 Å². The summed E-state index contributed by atoms with van der Waals surface area (Å²) in [5.41, 5.74) is 1.23. The van der Waals surface area contributed by atoms with Crippen LogP contribution >= 0.6 is 22.6 Å². The van der Waals surface area contributed by atoms with Crippen LogP contribution in [0.5, 0.6) is 0 Å². The Bertz CT molecular complexity index is 479. The van der Waals surface area contributed by atoms with E-state index in [2.05, 4.69) is 55.6 Å². The normalized spacial score (nSPS) is 23.1. The highest BCUT2D eigenvalue weighted by molar-refractivity contribution is 14.1. The molecule has 0 aliphatic heterocycles. The summed E-state index contributed by atoms with van der Waals surface area (Å²) in [6, 6.07) is 0. The van der Waals surface area contributed by atoms with Crippen LogP contribution in [0.4, 0.5) is 5.82 Å². The van der Waals surface area contributed by atoms with Crippen LogP contribution in [0, 0.1) is 9.49 Å². The molecule has 4 heteroatoms. The Balaban J connectivity index is 2.40. The molecule has 0 radical (unpaired) electrons. The van der Waals surface area contributed by atoms with Crippen molar-refractivity contribution in [1.82, 2.24) is 9.97 Å². The van der Waals surface area contributed by atoms with E-state index in [1.54, 1.807) is 0 Å². The molecule has 3 nitrogen and oxygen atoms in total. The summed E-state index contributed by atoms with van der Waals surface area (Å²) in [6.45, 7) is 8.97. The fourth-order valence-electron chi connectivity index (χ4n) is 2.99. The first-order valence-corrected chi connectivity index (χ1v) is 8.70. The molecule has 2 atom stereocenters. The molecule has 0 bridgehead atoms. The van der Waals surface area contributed by atoms with Gasteiger partial charge in [-0.2, -0.15) is 0 Å². The van der Waals surface area contributed by atoms with Crippen LogP contribution < -0.4 is 5.32 Å². The average Bonchev–Trinajstić information content (AvgIpc) is 2.86. The summed E-state index contributed by atoms with van der Waals surface area (Å²) < 4.78 is 1.16. The Morgan fingerprint density at radius 3 is 2.45 bits per heavy atom. The Hall–Kier alpha value is -0.390. The summed E-state index contributed by atoms with van der Waals surface area (Å²) in [4.78, 5) is 9.73. The summed E-state index contributed by atoms with van der Waals surface area (Å²) in [6.07, 6.45) is 5.11. The Morgan fingerprint density at radius 1 is 1.25 bits per heavy atom. The molecule has 1 fully saturated rings. The molecule has 1 saturated carbocycles. The van der Waals surface area contributed by atoms with Gasteiger partial charge >= 0.3 is 0 Å². The summed E-state index contributed by atoms with van der Waals surface area (Å²) >= 11 is 2.37. The standard InChI is InChI=1S/C16H26IN3/c1-6-10-7-8-11(9-10)14-19-13(16(2,3)4)12(17)15(18-5)20-14/h10-11H,6-9H2,1-5H3,(H,18,19,20). The fraction of sp³-hybridized carbons (Fsp3) is 0.750. The van der Waals surface area contributed by atoms with E-state index in [4.69, 9.17) is 9.97 Å². The van der Waals surface area contributed by atoms with Gasteiger partial charge in [0.2, 0.25) is 0 Å². The van der Waals surface area contributed by atoms with Crippen LogP contribution in [-0.2, 0) is 5.41 Å². The lowest BCUT2D eigenvalue weighted by Gasteiger charge is -2.23. The molecular formula is C16H26IN3. The van der Waals surface area contributed by atoms with Crippen molar-refractivity contribution in [3.05, 3.63) is 15.1 Å². The van der Waals surface area contributed by atoms with Crippen molar-refractivity contribution in [3.63, 3.8) is 0 Å². The highest BCUT2D eigenvalue weighted by Gasteiger charge is 2.30. The minimum Gasteiger partial charge on any atom is -0.372 e. The summed E-state index contributed by atoms with van der Waals surface area (Å²) in [5.74, 6) is 3.44. The molecule has 0 saturated heterocycles. The van der Waals surface area contributed by atoms with E-state index in [-0.39, 0.29) is 5.41 Å². The topological polar surface area (TPSA) is 37.8 Å². The molecule has 0 spiro atoms. The Labute approximate surface area is 136 Å². The minimum atomic E-state index is 0.0581. The number of aromatic nitrogens is 2. The molecule has 20 heavy (non-hydrogen) atoms. The first kappa shape index (κ1) is 16.0. The highest BCUT2D eigenvalue weighted by atomic mass is 127. The molecule has 2 rings (SSSR count). The lowest BCUT2D eigenvalue weighted by Crippen LogP contribution is -2.20. The minimum absolute atomic E-state index is 0.0581. The molecule has 1 aliphatic rings. The van der Waals surface area contributed by atoms with E-state index in [1.165, 1.54) is 31.4 Å². The predicted octanol–water partition coefficient (Wildman–Crippen LogP) is 4.71. The number of nitrogens with zero attached hydrogens (tertiary/aromatic N) is 2. The zero-order valence-electron chi connectivity index (χ0n) is 13.3. The van der Waals surface area contributed by atoms with E-state index in [0.717, 1.165) is 21.1 Å². The van der Waals surface area contributed by atoms with Crippen molar-refractivity contribution >= 4 is 28.4 Å². The van der Waals surface area contributed by atoms with Gasteiger partial charge in [0.25, 0.3) is 0 Å². The van der Waals surface area contributed by atoms with Crippen molar-refractivity contribution in [2.24, 2.45) is 5.92 Å². The molecule has 2 unspecified atom stereocenters. The second-order valence-electron chi connectivity index (χ2n) is 6.88. The number of rotatable bonds is 3. The number of halogens is 1. The largest absolute Gasteiger partial charge is 0.372 e. The second-order valence-corrected chi connectivity index (χ2v) is 7.96. The maximum atomic E-state index is 4.94. The van der Waals surface area contributed by atoms with Crippen molar-refractivity contribution in [3.8, 4) is 0 Å². The molecule has 1 aliphatic carbocycles. The monoisotopic (exact) mass is 387 g/mol. The first-order chi connectivity index (χ1) is 9.36. The molecule has 0 aromatic carbocycles. The van der Waals surface area contributed by atoms with Crippen LogP contribution in [0.1, 0.15) is 70.8 Å². The smallest absolute Gasteiger partial charge is 0.143 e. The van der Waals surface area contributed by atoms with Crippen LogP contribution in [0.15, 0.2) is 0 Å². The lowest BCUT2D eigenvalue weighted by molar-refractivity contribution is 0.511. The van der Waals surface area contributed by atoms with Gasteiger partial charge in [0, 0.05) is 18.4 Å². The maximum absolute atomic E-state index is 4.94. The predicted molar refractivity (Wildman–Crippen MR) is 93.4 cm³/mol. The van der Waals surface area contributed by atoms with E-state index < -0.39 is 0 Å². The number of anilines is 1. The van der Waals surface area contributed by atoms with Crippen LogP contribution in [0.25, 0.3) is 0 Å². The van der Waals surface area contributed by atoms with Crippen molar-refractivity contribution in [1.29, 1.82) is 0 Å². The third-order valence-electron chi connectivity index (χ3n) is 4.30. The number of hydrogen-bond donors (Lipinski definition) is 1. The van der Waals surface area contributed by atoms with Gasteiger partial charge in [0.1, 0.15) is 11.6 Å². The summed E-state index contributed by atoms with van der Waals surface area (Å²) in [5, 5.41) is 3.24. The van der Waals surface area contributed by atoms with E-state index in [9.17, 15) is 0 Å². The molecule has 1 N–H and O–H groups in total. The van der Waals surface area contributed by atoms with Gasteiger partial charge in [-0.1, -0.05) is 34.1 Å². The van der Waals surface area contributed by atoms with Gasteiger partial charge in [0.15, 0.2) is 0 Å². The Kier molecular flexibility index (Phi) is 4.92. The van der Waals surface area contributed by atoms with Crippen LogP contribution in [-0.4, -0.2) is 17.0 Å². The second kappa shape index (κ2) is 6.16. The zero-order chi connectivity index (χ0) is 14.9. The number of hydrogen-bond acceptors (Lipinski definition) is 3. The van der Waals surface area contributed by atoms with Crippen LogP contribution in [0.2, 0.25) is 0 Å². The van der Waals surface area contributed by atoms with Crippen molar-refractivity contribution in [2.45, 2.75) is 64.7 Å². The average molecular weight is 387 g/mol. The molecule has 1 aromatic heterocycles. The molecule has 1 heterocycles. The first-order valence-electron chi connectivity index (χ1n) is 7.62. The fourth-order valence-corrected chi connectivity index (χ4v) is 4.31. The lowest BCUT2D eigenvalue weighted by atomic mass is 9.91. The zero-order valence-corrected chi connectivity index (χ0v) is 15.4. The van der Waals surface area contributed by atoms with Gasteiger partial charge in [0.05, 0.1) is 9.26 Å². The molecular weight excluding hydrogens is 361 g/mol. The van der Waals surface area contributed by atoms with E-state index in [1.807, 2.05) is 7.05 Å². The van der Waals surface area contributed by atoms with Gasteiger partial charge in [-0.25, -0.2) is 9.97 Å². The van der Waals surface area contributed by atoms with Crippen LogP contribution in [0.3, 0.4) is 0 Å². The SMILES string of the molecule is CCC1CCC(c2nc(NC)c(I)c(C(C)(C)C)n2)C1. The van der Waals surface area contributed by atoms with Gasteiger partial charge in [-0.3, -0.25) is 0 Å². The summed E-state index contributed by atoms with van der Waals surface area (Å²) in [7, 11) is 1.95. The van der Waals surface area contributed by atoms with Crippen molar-refractivity contribution < 1.29 is 0 Å². The van der Waals surface area contributed by atoms with E-state index in [0.29, 0.717) is 5.92 Å².